The molecule has 106 valence electrons. The highest BCUT2D eigenvalue weighted by Gasteiger charge is 2.17. The Kier molecular flexibility index (Phi) is 5.64. The molecular formula is C16H26N2O. The lowest BCUT2D eigenvalue weighted by molar-refractivity contribution is 0.239. The predicted molar refractivity (Wildman–Crippen MR) is 78.4 cm³/mol. The Morgan fingerprint density at radius 3 is 2.95 bits per heavy atom. The number of rotatable bonds is 7. The number of aromatic nitrogens is 1. The second kappa shape index (κ2) is 7.49. The fraction of sp³-hybridized carbons (Fsp3) is 0.688. The van der Waals surface area contributed by atoms with E-state index in [1.807, 2.05) is 12.3 Å². The lowest BCUT2D eigenvalue weighted by atomic mass is 10.1. The van der Waals surface area contributed by atoms with Gasteiger partial charge in [0.2, 0.25) is 5.88 Å². The smallest absolute Gasteiger partial charge is 0.218 e. The molecule has 2 rings (SSSR count). The van der Waals surface area contributed by atoms with Gasteiger partial charge >= 0.3 is 0 Å². The fourth-order valence-electron chi connectivity index (χ4n) is 2.70. The second-order valence-electron chi connectivity index (χ2n) is 5.54. The number of hydrogen-bond donors (Lipinski definition) is 1. The third kappa shape index (κ3) is 4.20. The van der Waals surface area contributed by atoms with Crippen molar-refractivity contribution in [3.05, 3.63) is 23.9 Å². The summed E-state index contributed by atoms with van der Waals surface area (Å²) in [6.07, 6.45) is 8.30. The first kappa shape index (κ1) is 14.3. The molecular weight excluding hydrogens is 236 g/mol. The van der Waals surface area contributed by atoms with Gasteiger partial charge in [0, 0.05) is 17.8 Å². The van der Waals surface area contributed by atoms with Crippen molar-refractivity contribution in [2.24, 2.45) is 5.92 Å². The topological polar surface area (TPSA) is 34.2 Å². The predicted octanol–water partition coefficient (Wildman–Crippen LogP) is 3.71. The Hall–Kier alpha value is -1.09. The van der Waals surface area contributed by atoms with E-state index in [4.69, 9.17) is 4.74 Å². The van der Waals surface area contributed by atoms with E-state index in [1.165, 1.54) is 31.2 Å². The lowest BCUT2D eigenvalue weighted by Crippen LogP contribution is -2.21. The van der Waals surface area contributed by atoms with Crippen molar-refractivity contribution in [3.8, 4) is 5.88 Å². The molecule has 0 bridgehead atoms. The summed E-state index contributed by atoms with van der Waals surface area (Å²) in [6.45, 7) is 6.21. The van der Waals surface area contributed by atoms with Gasteiger partial charge in [0.05, 0.1) is 6.61 Å². The molecule has 1 atom stereocenters. The monoisotopic (exact) mass is 262 g/mol. The van der Waals surface area contributed by atoms with E-state index in [0.29, 0.717) is 6.04 Å². The first-order chi connectivity index (χ1) is 9.31. The molecule has 0 aromatic carbocycles. The standard InChI is InChI=1S/C16H26N2O/c1-3-10-17-13(2)15-9-6-11-18-16(15)19-12-14-7-4-5-8-14/h6,9,11,13-14,17H,3-5,7-8,10,12H2,1-2H3. The molecule has 1 unspecified atom stereocenters. The molecule has 1 aromatic heterocycles. The number of hydrogen-bond acceptors (Lipinski definition) is 3. The molecule has 1 saturated carbocycles. The summed E-state index contributed by atoms with van der Waals surface area (Å²) in [6, 6.07) is 4.40. The summed E-state index contributed by atoms with van der Waals surface area (Å²) in [5, 5.41) is 3.50. The first-order valence-corrected chi connectivity index (χ1v) is 7.62. The van der Waals surface area contributed by atoms with Gasteiger partial charge in [0.1, 0.15) is 0 Å². The summed E-state index contributed by atoms with van der Waals surface area (Å²) in [5.74, 6) is 1.54. The molecule has 0 amide bonds. The molecule has 0 saturated heterocycles. The van der Waals surface area contributed by atoms with Crippen LogP contribution in [0.25, 0.3) is 0 Å². The highest BCUT2D eigenvalue weighted by atomic mass is 16.5. The van der Waals surface area contributed by atoms with E-state index >= 15 is 0 Å². The van der Waals surface area contributed by atoms with Crippen LogP contribution in [0.2, 0.25) is 0 Å². The minimum atomic E-state index is 0.298. The normalized spacial score (nSPS) is 17.6. The van der Waals surface area contributed by atoms with E-state index in [2.05, 4.69) is 30.2 Å². The van der Waals surface area contributed by atoms with Crippen LogP contribution >= 0.6 is 0 Å². The summed E-state index contributed by atoms with van der Waals surface area (Å²) < 4.78 is 5.97. The van der Waals surface area contributed by atoms with Crippen LogP contribution < -0.4 is 10.1 Å². The van der Waals surface area contributed by atoms with Crippen LogP contribution in [-0.4, -0.2) is 18.1 Å². The lowest BCUT2D eigenvalue weighted by Gasteiger charge is -2.18. The molecule has 0 aliphatic heterocycles. The van der Waals surface area contributed by atoms with Gasteiger partial charge in [0.15, 0.2) is 0 Å². The molecule has 1 aliphatic carbocycles. The van der Waals surface area contributed by atoms with Crippen molar-refractivity contribution in [2.75, 3.05) is 13.2 Å². The molecule has 1 fully saturated rings. The van der Waals surface area contributed by atoms with Gasteiger partial charge in [-0.1, -0.05) is 25.8 Å². The van der Waals surface area contributed by atoms with Gasteiger partial charge in [-0.15, -0.1) is 0 Å². The number of pyridine rings is 1. The van der Waals surface area contributed by atoms with E-state index in [-0.39, 0.29) is 0 Å². The molecule has 3 heteroatoms. The van der Waals surface area contributed by atoms with Crippen LogP contribution in [0.3, 0.4) is 0 Å². The Balaban J connectivity index is 1.94. The largest absolute Gasteiger partial charge is 0.477 e. The maximum Gasteiger partial charge on any atom is 0.218 e. The van der Waals surface area contributed by atoms with Crippen LogP contribution in [0, 0.1) is 5.92 Å². The van der Waals surface area contributed by atoms with Crippen molar-refractivity contribution in [1.29, 1.82) is 0 Å². The summed E-state index contributed by atoms with van der Waals surface area (Å²) >= 11 is 0. The van der Waals surface area contributed by atoms with Crippen LogP contribution in [0.5, 0.6) is 5.88 Å². The SMILES string of the molecule is CCCNC(C)c1cccnc1OCC1CCCC1. The van der Waals surface area contributed by atoms with Gasteiger partial charge in [0.25, 0.3) is 0 Å². The molecule has 0 spiro atoms. The van der Waals surface area contributed by atoms with Gasteiger partial charge in [-0.2, -0.15) is 0 Å². The van der Waals surface area contributed by atoms with E-state index < -0.39 is 0 Å². The molecule has 1 heterocycles. The van der Waals surface area contributed by atoms with Crippen molar-refractivity contribution in [3.63, 3.8) is 0 Å². The minimum Gasteiger partial charge on any atom is -0.477 e. The van der Waals surface area contributed by atoms with Crippen molar-refractivity contribution in [2.45, 2.75) is 52.0 Å². The van der Waals surface area contributed by atoms with Crippen molar-refractivity contribution < 1.29 is 4.74 Å². The van der Waals surface area contributed by atoms with Gasteiger partial charge in [-0.25, -0.2) is 4.98 Å². The average molecular weight is 262 g/mol. The van der Waals surface area contributed by atoms with E-state index in [0.717, 1.165) is 31.4 Å². The molecule has 0 radical (unpaired) electrons. The minimum absolute atomic E-state index is 0.298. The zero-order valence-electron chi connectivity index (χ0n) is 12.2. The van der Waals surface area contributed by atoms with Gasteiger partial charge < -0.3 is 10.1 Å². The number of ether oxygens (including phenoxy) is 1. The summed E-state index contributed by atoms with van der Waals surface area (Å²) in [5.41, 5.74) is 1.17. The van der Waals surface area contributed by atoms with Crippen LogP contribution in [-0.2, 0) is 0 Å². The third-order valence-corrected chi connectivity index (χ3v) is 3.90. The van der Waals surface area contributed by atoms with Crippen molar-refractivity contribution >= 4 is 0 Å². The van der Waals surface area contributed by atoms with E-state index in [9.17, 15) is 0 Å². The fourth-order valence-corrected chi connectivity index (χ4v) is 2.70. The zero-order chi connectivity index (χ0) is 13.5. The molecule has 1 aromatic rings. The molecule has 3 nitrogen and oxygen atoms in total. The average Bonchev–Trinajstić information content (AvgIpc) is 2.96. The Morgan fingerprint density at radius 1 is 1.42 bits per heavy atom. The number of nitrogens with one attached hydrogen (secondary N) is 1. The van der Waals surface area contributed by atoms with Crippen molar-refractivity contribution in [1.82, 2.24) is 10.3 Å². The first-order valence-electron chi connectivity index (χ1n) is 7.62. The molecule has 1 N–H and O–H groups in total. The highest BCUT2D eigenvalue weighted by Crippen LogP contribution is 2.27. The second-order valence-corrected chi connectivity index (χ2v) is 5.54. The zero-order valence-corrected chi connectivity index (χ0v) is 12.2. The highest BCUT2D eigenvalue weighted by molar-refractivity contribution is 5.28. The molecule has 19 heavy (non-hydrogen) atoms. The van der Waals surface area contributed by atoms with Gasteiger partial charge in [-0.3, -0.25) is 0 Å². The maximum absolute atomic E-state index is 5.97. The quantitative estimate of drug-likeness (QED) is 0.813. The number of nitrogens with zero attached hydrogens (tertiary/aromatic N) is 1. The van der Waals surface area contributed by atoms with E-state index in [1.54, 1.807) is 0 Å². The summed E-state index contributed by atoms with van der Waals surface area (Å²) in [4.78, 5) is 4.41. The van der Waals surface area contributed by atoms with Crippen LogP contribution in [0.1, 0.15) is 57.6 Å². The summed E-state index contributed by atoms with van der Waals surface area (Å²) in [7, 11) is 0. The Morgan fingerprint density at radius 2 is 2.21 bits per heavy atom. The van der Waals surface area contributed by atoms with Crippen LogP contribution in [0.15, 0.2) is 18.3 Å². The van der Waals surface area contributed by atoms with Gasteiger partial charge in [-0.05, 0) is 44.7 Å². The molecule has 1 aliphatic rings. The third-order valence-electron chi connectivity index (χ3n) is 3.90. The maximum atomic E-state index is 5.97. The Labute approximate surface area is 116 Å². The Bertz CT molecular complexity index is 375. The van der Waals surface area contributed by atoms with Crippen LogP contribution in [0.4, 0.5) is 0 Å².